The second-order valence-electron chi connectivity index (χ2n) is 5.79. The highest BCUT2D eigenvalue weighted by molar-refractivity contribution is 8.11. The molecule has 0 spiro atoms. The Labute approximate surface area is 187 Å². The lowest BCUT2D eigenvalue weighted by atomic mass is 10.2. The molecular weight excluding hydrogens is 412 g/mol. The smallest absolute Gasteiger partial charge is 0.209 e. The SMILES string of the molecule is C#N.CN=C(N)N(C)NC(=Nc1ccc(Oc2ccncc2)cc1)/C(C)=C/N=CSC. The third-order valence-corrected chi connectivity index (χ3v) is 3.95. The minimum Gasteiger partial charge on any atom is -0.457 e. The maximum absolute atomic E-state index is 6.50. The quantitative estimate of drug-likeness (QED) is 0.400. The zero-order valence-electron chi connectivity index (χ0n) is 17.9. The fraction of sp³-hybridized carbons (Fsp3) is 0.190. The van der Waals surface area contributed by atoms with E-state index in [1.54, 1.807) is 55.4 Å². The van der Waals surface area contributed by atoms with E-state index in [9.17, 15) is 0 Å². The molecule has 1 heterocycles. The van der Waals surface area contributed by atoms with E-state index in [0.717, 1.165) is 17.0 Å². The van der Waals surface area contributed by atoms with E-state index in [1.807, 2.05) is 37.4 Å². The van der Waals surface area contributed by atoms with Gasteiger partial charge in [-0.1, -0.05) is 0 Å². The summed E-state index contributed by atoms with van der Waals surface area (Å²) in [6, 6.07) is 11.0. The molecule has 2 aromatic rings. The summed E-state index contributed by atoms with van der Waals surface area (Å²) in [6.45, 7) is 5.41. The Morgan fingerprint density at radius 1 is 1.19 bits per heavy atom. The Balaban J connectivity index is 0.00000233. The topological polar surface area (TPSA) is 124 Å². The van der Waals surface area contributed by atoms with Gasteiger partial charge in [-0.2, -0.15) is 0 Å². The Hall–Kier alpha value is -3.84. The van der Waals surface area contributed by atoms with Crippen LogP contribution in [-0.4, -0.2) is 47.7 Å². The van der Waals surface area contributed by atoms with E-state index in [4.69, 9.17) is 15.7 Å². The number of hydrogen-bond acceptors (Lipinski definition) is 7. The Morgan fingerprint density at radius 3 is 2.39 bits per heavy atom. The first-order valence-electron chi connectivity index (χ1n) is 9.00. The van der Waals surface area contributed by atoms with Crippen LogP contribution in [0, 0.1) is 11.8 Å². The standard InChI is InChI=1S/C20H25N7OS.CHN/c1-15(13-24-14-29-4)19(26-27(3)20(21)22-2)25-16-5-7-17(8-6-16)28-18-9-11-23-12-10-18;1-2/h5-14H,1-4H3,(H2,21,22)(H,25,26);1H/b15-13+,24-14?;. The maximum Gasteiger partial charge on any atom is 0.209 e. The van der Waals surface area contributed by atoms with Crippen molar-refractivity contribution in [2.75, 3.05) is 20.4 Å². The summed E-state index contributed by atoms with van der Waals surface area (Å²) in [6.07, 6.45) is 7.04. The lowest BCUT2D eigenvalue weighted by molar-refractivity contribution is 0.450. The van der Waals surface area contributed by atoms with Gasteiger partial charge in [-0.05, 0) is 49.6 Å². The number of benzene rings is 1. The summed E-state index contributed by atoms with van der Waals surface area (Å²) in [5, 5.41) is 8.09. The van der Waals surface area contributed by atoms with Crippen LogP contribution in [-0.2, 0) is 0 Å². The molecule has 3 N–H and O–H groups in total. The number of amidine groups is 1. The van der Waals surface area contributed by atoms with E-state index in [1.165, 1.54) is 11.8 Å². The predicted octanol–water partition coefficient (Wildman–Crippen LogP) is 3.72. The number of nitrogens with zero attached hydrogens (tertiary/aromatic N) is 6. The van der Waals surface area contributed by atoms with E-state index >= 15 is 0 Å². The van der Waals surface area contributed by atoms with Gasteiger partial charge in [0, 0.05) is 44.8 Å². The summed E-state index contributed by atoms with van der Waals surface area (Å²) >= 11 is 1.52. The van der Waals surface area contributed by atoms with Crippen molar-refractivity contribution in [2.24, 2.45) is 20.7 Å². The third kappa shape index (κ3) is 9.01. The van der Waals surface area contributed by atoms with Crippen molar-refractivity contribution in [3.63, 3.8) is 0 Å². The van der Waals surface area contributed by atoms with E-state index in [2.05, 4.69) is 32.0 Å². The van der Waals surface area contributed by atoms with E-state index < -0.39 is 0 Å². The van der Waals surface area contributed by atoms with Crippen LogP contribution in [0.5, 0.6) is 11.5 Å². The Bertz CT molecular complexity index is 937. The number of ether oxygens (including phenoxy) is 1. The highest BCUT2D eigenvalue weighted by Gasteiger charge is 2.08. The van der Waals surface area contributed by atoms with Gasteiger partial charge in [0.2, 0.25) is 5.96 Å². The number of rotatable bonds is 6. The minimum absolute atomic E-state index is 0.333. The second kappa shape index (κ2) is 14.2. The van der Waals surface area contributed by atoms with Crippen molar-refractivity contribution in [3.05, 3.63) is 60.6 Å². The number of guanidine groups is 1. The van der Waals surface area contributed by atoms with E-state index in [-0.39, 0.29) is 0 Å². The molecule has 0 radical (unpaired) electrons. The minimum atomic E-state index is 0.333. The molecule has 0 aliphatic rings. The van der Waals surface area contributed by atoms with Gasteiger partial charge in [0.1, 0.15) is 17.3 Å². The molecule has 0 aliphatic heterocycles. The molecule has 0 saturated heterocycles. The molecule has 0 aliphatic carbocycles. The lowest BCUT2D eigenvalue weighted by Crippen LogP contribution is -2.47. The van der Waals surface area contributed by atoms with Gasteiger partial charge in [0.15, 0.2) is 0 Å². The van der Waals surface area contributed by atoms with Crippen molar-refractivity contribution >= 4 is 34.8 Å². The molecule has 0 unspecified atom stereocenters. The molecule has 9 nitrogen and oxygen atoms in total. The highest BCUT2D eigenvalue weighted by atomic mass is 32.2. The van der Waals surface area contributed by atoms with Crippen LogP contribution in [0.2, 0.25) is 0 Å². The zero-order valence-corrected chi connectivity index (χ0v) is 18.7. The molecule has 10 heteroatoms. The maximum atomic E-state index is 6.50. The Kier molecular flexibility index (Phi) is 11.5. The molecule has 162 valence electrons. The van der Waals surface area contributed by atoms with Crippen LogP contribution >= 0.6 is 11.8 Å². The number of nitriles is 1. The zero-order chi connectivity index (χ0) is 23.1. The van der Waals surface area contributed by atoms with Crippen molar-refractivity contribution in [1.29, 1.82) is 5.26 Å². The largest absolute Gasteiger partial charge is 0.457 e. The normalized spacial score (nSPS) is 12.1. The van der Waals surface area contributed by atoms with Crippen molar-refractivity contribution in [1.82, 2.24) is 15.4 Å². The summed E-state index contributed by atoms with van der Waals surface area (Å²) < 4.78 is 5.78. The number of aliphatic imine (C=N–C) groups is 3. The van der Waals surface area contributed by atoms with Gasteiger partial charge in [0.05, 0.1) is 11.2 Å². The first-order valence-corrected chi connectivity index (χ1v) is 10.3. The average Bonchev–Trinajstić information content (AvgIpc) is 2.81. The fourth-order valence-electron chi connectivity index (χ4n) is 2.09. The van der Waals surface area contributed by atoms with Gasteiger partial charge in [-0.15, -0.1) is 11.8 Å². The van der Waals surface area contributed by atoms with Crippen LogP contribution in [0.1, 0.15) is 6.92 Å². The molecule has 0 amide bonds. The van der Waals surface area contributed by atoms with Crippen LogP contribution in [0.25, 0.3) is 0 Å². The van der Waals surface area contributed by atoms with Crippen molar-refractivity contribution in [3.8, 4) is 18.1 Å². The first-order chi connectivity index (χ1) is 15.0. The van der Waals surface area contributed by atoms with Crippen molar-refractivity contribution < 1.29 is 4.74 Å². The molecule has 1 aromatic carbocycles. The van der Waals surface area contributed by atoms with Crippen LogP contribution in [0.4, 0.5) is 5.69 Å². The van der Waals surface area contributed by atoms with Gasteiger partial charge in [0.25, 0.3) is 0 Å². The fourth-order valence-corrected chi connectivity index (χ4v) is 2.27. The molecule has 31 heavy (non-hydrogen) atoms. The van der Waals surface area contributed by atoms with Gasteiger partial charge < -0.3 is 10.5 Å². The number of pyridine rings is 1. The molecule has 0 saturated carbocycles. The van der Waals surface area contributed by atoms with Crippen molar-refractivity contribution in [2.45, 2.75) is 6.92 Å². The predicted molar refractivity (Wildman–Crippen MR) is 129 cm³/mol. The molecule has 0 fully saturated rings. The van der Waals surface area contributed by atoms with E-state index in [0.29, 0.717) is 17.5 Å². The second-order valence-corrected chi connectivity index (χ2v) is 6.48. The third-order valence-electron chi connectivity index (χ3n) is 3.62. The number of hydrogen-bond donors (Lipinski definition) is 2. The summed E-state index contributed by atoms with van der Waals surface area (Å²) in [4.78, 5) is 16.9. The average molecular weight is 439 g/mol. The molecule has 0 bridgehead atoms. The number of nitrogens with one attached hydrogen (secondary N) is 1. The Morgan fingerprint density at radius 2 is 1.81 bits per heavy atom. The summed E-state index contributed by atoms with van der Waals surface area (Å²) in [7, 11) is 3.39. The number of aromatic nitrogens is 1. The first kappa shape index (κ1) is 25.2. The van der Waals surface area contributed by atoms with Crippen LogP contribution < -0.4 is 15.9 Å². The summed E-state index contributed by atoms with van der Waals surface area (Å²) in [5.74, 6) is 2.36. The monoisotopic (exact) mass is 438 g/mol. The molecular formula is C21H26N8OS. The highest BCUT2D eigenvalue weighted by Crippen LogP contribution is 2.23. The number of thioether (sulfide) groups is 1. The molecule has 0 atom stereocenters. The molecule has 1 aromatic heterocycles. The van der Waals surface area contributed by atoms with Crippen LogP contribution in [0.3, 0.4) is 0 Å². The molecule has 2 rings (SSSR count). The number of nitrogens with two attached hydrogens (primary N) is 1. The number of hydrazine groups is 1. The van der Waals surface area contributed by atoms with Gasteiger partial charge in [-0.3, -0.25) is 25.4 Å². The van der Waals surface area contributed by atoms with Gasteiger partial charge >= 0.3 is 0 Å². The van der Waals surface area contributed by atoms with Crippen LogP contribution in [0.15, 0.2) is 75.5 Å². The van der Waals surface area contributed by atoms with Gasteiger partial charge in [-0.25, -0.2) is 10.3 Å². The lowest BCUT2D eigenvalue weighted by Gasteiger charge is -2.21. The summed E-state index contributed by atoms with van der Waals surface area (Å²) in [5.41, 5.74) is 12.3.